The van der Waals surface area contributed by atoms with E-state index in [4.69, 9.17) is 10.2 Å². The molecule has 8 heteroatoms. The Morgan fingerprint density at radius 3 is 1.89 bits per heavy atom. The van der Waals surface area contributed by atoms with E-state index < -0.39 is 5.79 Å². The van der Waals surface area contributed by atoms with Crippen LogP contribution in [0.5, 0.6) is 0 Å². The van der Waals surface area contributed by atoms with Gasteiger partial charge < -0.3 is 4.90 Å². The highest BCUT2D eigenvalue weighted by Crippen LogP contribution is 2.55. The Morgan fingerprint density at radius 1 is 0.681 bits per heavy atom. The molecule has 3 aliphatic rings. The van der Waals surface area contributed by atoms with Crippen molar-refractivity contribution >= 4 is 45.5 Å². The first-order valence-electron chi connectivity index (χ1n) is 15.8. The molecule has 1 unspecified atom stereocenters. The van der Waals surface area contributed by atoms with Crippen LogP contribution < -0.4 is 10.4 Å². The van der Waals surface area contributed by atoms with E-state index >= 15 is 0 Å². The molecule has 1 amide bonds. The molecule has 7 nitrogen and oxygen atoms in total. The van der Waals surface area contributed by atoms with E-state index in [2.05, 4.69) is 51.7 Å². The largest absolute Gasteiger partial charge is 0.309 e. The summed E-state index contributed by atoms with van der Waals surface area (Å²) in [7, 11) is 0. The summed E-state index contributed by atoms with van der Waals surface area (Å²) in [6.45, 7) is 1.33. The third kappa shape index (κ3) is 4.98. The van der Waals surface area contributed by atoms with Gasteiger partial charge in [0.15, 0.2) is 5.84 Å². The molecule has 3 heterocycles. The maximum Gasteiger partial charge on any atom is 0.264 e. The van der Waals surface area contributed by atoms with E-state index in [0.29, 0.717) is 16.5 Å². The Hall–Kier alpha value is -5.60. The molecule has 0 aliphatic carbocycles. The number of hydrazone groups is 2. The van der Waals surface area contributed by atoms with Gasteiger partial charge in [0.05, 0.1) is 16.3 Å². The second-order valence-electron chi connectivity index (χ2n) is 11.5. The number of para-hydroxylation sites is 2. The normalized spacial score (nSPS) is 19.1. The standard InChI is InChI=1S/C39H32N6OS/c46-38-35(47-37(31-21-10-3-11-22-31)41-40-32-23-12-4-13-24-32)34(29-17-6-1-7-18-29)39-43(27-16-28-44(38)39)36(30-19-8-2-9-20-30)42-45(39)33-25-14-5-15-26-33/h1-15,17-26,40H,16,27-28H2/b41-37+. The van der Waals surface area contributed by atoms with Gasteiger partial charge in [-0.15, -0.1) is 5.10 Å². The first-order valence-corrected chi connectivity index (χ1v) is 16.6. The minimum Gasteiger partial charge on any atom is -0.309 e. The number of benzene rings is 5. The van der Waals surface area contributed by atoms with Crippen molar-refractivity contribution in [3.63, 3.8) is 0 Å². The molecule has 8 rings (SSSR count). The average molecular weight is 633 g/mol. The number of anilines is 2. The van der Waals surface area contributed by atoms with Crippen LogP contribution in [0, 0.1) is 0 Å². The summed E-state index contributed by atoms with van der Waals surface area (Å²) in [4.78, 5) is 20.0. The highest BCUT2D eigenvalue weighted by atomic mass is 32.2. The van der Waals surface area contributed by atoms with Crippen molar-refractivity contribution in [1.82, 2.24) is 9.80 Å². The number of rotatable bonds is 7. The van der Waals surface area contributed by atoms with Gasteiger partial charge in [-0.2, -0.15) is 5.10 Å². The van der Waals surface area contributed by atoms with Crippen molar-refractivity contribution in [1.29, 1.82) is 0 Å². The molecule has 0 bridgehead atoms. The van der Waals surface area contributed by atoms with Gasteiger partial charge in [0.2, 0.25) is 5.79 Å². The van der Waals surface area contributed by atoms with Crippen LogP contribution in [0.2, 0.25) is 0 Å². The Labute approximate surface area is 278 Å². The summed E-state index contributed by atoms with van der Waals surface area (Å²) >= 11 is 1.41. The SMILES string of the molecule is O=C1C(S/C(=N/Nc2ccccc2)c2ccccc2)=C(c2ccccc2)C23N1CCCN2C(c1ccccc1)=NN3c1ccccc1. The lowest BCUT2D eigenvalue weighted by atomic mass is 9.95. The quantitative estimate of drug-likeness (QED) is 0.113. The summed E-state index contributed by atoms with van der Waals surface area (Å²) in [5.74, 6) is -0.207. The van der Waals surface area contributed by atoms with E-state index in [1.54, 1.807) is 0 Å². The van der Waals surface area contributed by atoms with Crippen LogP contribution in [0.1, 0.15) is 23.1 Å². The van der Waals surface area contributed by atoms with Crippen LogP contribution >= 0.6 is 11.8 Å². The number of carbonyl (C=O) groups excluding carboxylic acids is 1. The fourth-order valence-corrected chi connectivity index (χ4v) is 7.72. The molecule has 1 atom stereocenters. The molecule has 230 valence electrons. The lowest BCUT2D eigenvalue weighted by Gasteiger charge is -2.51. The van der Waals surface area contributed by atoms with E-state index in [0.717, 1.165) is 52.4 Å². The van der Waals surface area contributed by atoms with Crippen molar-refractivity contribution in [3.05, 3.63) is 173 Å². The molecule has 1 fully saturated rings. The molecular weight excluding hydrogens is 601 g/mol. The predicted octanol–water partition coefficient (Wildman–Crippen LogP) is 7.69. The van der Waals surface area contributed by atoms with Gasteiger partial charge in [-0.05, 0) is 36.2 Å². The molecule has 0 saturated carbocycles. The number of thioether (sulfide) groups is 1. The molecule has 1 N–H and O–H groups in total. The Morgan fingerprint density at radius 2 is 1.23 bits per heavy atom. The van der Waals surface area contributed by atoms with Gasteiger partial charge in [0.1, 0.15) is 5.04 Å². The maximum atomic E-state index is 15.0. The number of hydrogen-bond donors (Lipinski definition) is 1. The highest BCUT2D eigenvalue weighted by molar-refractivity contribution is 8.18. The monoisotopic (exact) mass is 632 g/mol. The van der Waals surface area contributed by atoms with Crippen molar-refractivity contribution in [2.75, 3.05) is 23.5 Å². The molecule has 5 aromatic rings. The molecule has 1 saturated heterocycles. The van der Waals surface area contributed by atoms with Crippen molar-refractivity contribution in [2.24, 2.45) is 10.2 Å². The van der Waals surface area contributed by atoms with Crippen LogP contribution in [-0.2, 0) is 4.79 Å². The fourth-order valence-electron chi connectivity index (χ4n) is 6.63. The minimum absolute atomic E-state index is 0.0349. The molecule has 5 aromatic carbocycles. The zero-order chi connectivity index (χ0) is 31.6. The Kier molecular flexibility index (Phi) is 7.55. The summed E-state index contributed by atoms with van der Waals surface area (Å²) in [5, 5.41) is 13.0. The van der Waals surface area contributed by atoms with E-state index in [1.165, 1.54) is 11.8 Å². The lowest BCUT2D eigenvalue weighted by Crippen LogP contribution is -2.68. The van der Waals surface area contributed by atoms with Crippen LogP contribution in [0.3, 0.4) is 0 Å². The molecule has 3 aliphatic heterocycles. The number of hydrogen-bond acceptors (Lipinski definition) is 7. The summed E-state index contributed by atoms with van der Waals surface area (Å²) < 4.78 is 0. The predicted molar refractivity (Wildman–Crippen MR) is 192 cm³/mol. The van der Waals surface area contributed by atoms with Gasteiger partial charge in [0, 0.05) is 29.8 Å². The fraction of sp³-hybridized carbons (Fsp3) is 0.103. The van der Waals surface area contributed by atoms with Gasteiger partial charge in [-0.1, -0.05) is 139 Å². The Bertz CT molecular complexity index is 1980. The van der Waals surface area contributed by atoms with Crippen molar-refractivity contribution < 1.29 is 4.79 Å². The van der Waals surface area contributed by atoms with Gasteiger partial charge in [-0.25, -0.2) is 5.01 Å². The number of amides is 1. The number of nitrogens with zero attached hydrogens (tertiary/aromatic N) is 5. The Balaban J connectivity index is 1.36. The molecule has 1 spiro atoms. The molecule has 0 aromatic heterocycles. The highest BCUT2D eigenvalue weighted by Gasteiger charge is 2.65. The van der Waals surface area contributed by atoms with Gasteiger partial charge in [0.25, 0.3) is 5.91 Å². The smallest absolute Gasteiger partial charge is 0.264 e. The summed E-state index contributed by atoms with van der Waals surface area (Å²) in [6, 6.07) is 50.6. The topological polar surface area (TPSA) is 63.5 Å². The van der Waals surface area contributed by atoms with E-state index in [1.807, 2.05) is 120 Å². The third-order valence-electron chi connectivity index (χ3n) is 8.64. The first-order chi connectivity index (χ1) is 23.2. The molecule has 47 heavy (non-hydrogen) atoms. The number of carbonyl (C=O) groups is 1. The second-order valence-corrected chi connectivity index (χ2v) is 12.5. The van der Waals surface area contributed by atoms with Crippen LogP contribution in [0.25, 0.3) is 5.57 Å². The average Bonchev–Trinajstić information content (AvgIpc) is 3.62. The lowest BCUT2D eigenvalue weighted by molar-refractivity contribution is -0.134. The van der Waals surface area contributed by atoms with Crippen LogP contribution in [0.4, 0.5) is 11.4 Å². The van der Waals surface area contributed by atoms with Gasteiger partial charge in [-0.3, -0.25) is 15.1 Å². The minimum atomic E-state index is -1.01. The number of amidine groups is 1. The van der Waals surface area contributed by atoms with E-state index in [-0.39, 0.29) is 5.91 Å². The van der Waals surface area contributed by atoms with Crippen molar-refractivity contribution in [3.8, 4) is 0 Å². The first kappa shape index (κ1) is 28.8. The van der Waals surface area contributed by atoms with E-state index in [9.17, 15) is 4.79 Å². The van der Waals surface area contributed by atoms with Crippen LogP contribution in [0.15, 0.2) is 167 Å². The van der Waals surface area contributed by atoms with Crippen molar-refractivity contribution in [2.45, 2.75) is 12.2 Å². The maximum absolute atomic E-state index is 15.0. The zero-order valence-electron chi connectivity index (χ0n) is 25.6. The summed E-state index contributed by atoms with van der Waals surface area (Å²) in [5.41, 5.74) is 8.79. The zero-order valence-corrected chi connectivity index (χ0v) is 26.4. The summed E-state index contributed by atoms with van der Waals surface area (Å²) in [6.07, 6.45) is 0.817. The van der Waals surface area contributed by atoms with Gasteiger partial charge >= 0.3 is 0 Å². The van der Waals surface area contributed by atoms with Crippen LogP contribution in [-0.4, -0.2) is 45.5 Å². The third-order valence-corrected chi connectivity index (χ3v) is 9.74. The molecular formula is C39H32N6OS. The number of nitrogens with one attached hydrogen (secondary N) is 1. The second kappa shape index (κ2) is 12.3. The molecule has 0 radical (unpaired) electrons.